The van der Waals surface area contributed by atoms with Crippen molar-refractivity contribution in [3.8, 4) is 5.88 Å². The highest BCUT2D eigenvalue weighted by Crippen LogP contribution is 2.32. The van der Waals surface area contributed by atoms with E-state index in [9.17, 15) is 9.90 Å². The molecular formula is C17H21N3O2S. The van der Waals surface area contributed by atoms with E-state index in [0.717, 1.165) is 37.1 Å². The van der Waals surface area contributed by atoms with Gasteiger partial charge < -0.3 is 10.1 Å². The van der Waals surface area contributed by atoms with Crippen molar-refractivity contribution < 1.29 is 5.11 Å². The predicted molar refractivity (Wildman–Crippen MR) is 92.4 cm³/mol. The van der Waals surface area contributed by atoms with Crippen LogP contribution in [0.25, 0.3) is 0 Å². The molecule has 1 atom stereocenters. The molecule has 2 heterocycles. The van der Waals surface area contributed by atoms with Gasteiger partial charge in [-0.15, -0.1) is 0 Å². The number of rotatable bonds is 3. The van der Waals surface area contributed by atoms with Crippen molar-refractivity contribution in [1.82, 2.24) is 14.9 Å². The molecule has 122 valence electrons. The van der Waals surface area contributed by atoms with Crippen molar-refractivity contribution in [3.05, 3.63) is 56.1 Å². The molecule has 0 saturated carbocycles. The summed E-state index contributed by atoms with van der Waals surface area (Å²) in [7, 11) is 0. The Labute approximate surface area is 140 Å². The molecule has 1 aromatic carbocycles. The number of piperidine rings is 1. The Balaban J connectivity index is 2.13. The summed E-state index contributed by atoms with van der Waals surface area (Å²) in [5, 5.41) is 10.3. The highest BCUT2D eigenvalue weighted by atomic mass is 32.1. The molecule has 0 aliphatic carbocycles. The Kier molecular flexibility index (Phi) is 4.63. The number of nitrogens with zero attached hydrogens (tertiary/aromatic N) is 1. The van der Waals surface area contributed by atoms with Crippen LogP contribution in [0.5, 0.6) is 5.88 Å². The predicted octanol–water partition coefficient (Wildman–Crippen LogP) is 3.02. The summed E-state index contributed by atoms with van der Waals surface area (Å²) in [6, 6.07) is 7.83. The molecule has 0 spiro atoms. The Morgan fingerprint density at radius 3 is 2.39 bits per heavy atom. The summed E-state index contributed by atoms with van der Waals surface area (Å²) in [6.07, 6.45) is 3.41. The average Bonchev–Trinajstić information content (AvgIpc) is 2.53. The first-order chi connectivity index (χ1) is 11.1. The van der Waals surface area contributed by atoms with Crippen molar-refractivity contribution >= 4 is 12.2 Å². The molecule has 1 fully saturated rings. The molecule has 6 heteroatoms. The number of benzene rings is 1. The summed E-state index contributed by atoms with van der Waals surface area (Å²) in [6.45, 7) is 3.85. The van der Waals surface area contributed by atoms with Gasteiger partial charge in [-0.05, 0) is 50.6 Å². The van der Waals surface area contributed by atoms with Crippen molar-refractivity contribution in [3.63, 3.8) is 0 Å². The number of likely N-dealkylation sites (tertiary alicyclic amines) is 1. The maximum Gasteiger partial charge on any atom is 0.260 e. The second-order valence-electron chi connectivity index (χ2n) is 6.08. The smallest absolute Gasteiger partial charge is 0.260 e. The Morgan fingerprint density at radius 2 is 1.78 bits per heavy atom. The number of aromatic hydroxyl groups is 1. The molecule has 5 nitrogen and oxygen atoms in total. The normalized spacial score (nSPS) is 17.1. The first-order valence-electron chi connectivity index (χ1n) is 7.92. The monoisotopic (exact) mass is 331 g/mol. The van der Waals surface area contributed by atoms with Crippen LogP contribution in [0.15, 0.2) is 29.1 Å². The van der Waals surface area contributed by atoms with E-state index >= 15 is 0 Å². The van der Waals surface area contributed by atoms with Crippen molar-refractivity contribution in [2.45, 2.75) is 32.2 Å². The van der Waals surface area contributed by atoms with Gasteiger partial charge in [0, 0.05) is 0 Å². The van der Waals surface area contributed by atoms with Gasteiger partial charge in [0.15, 0.2) is 4.77 Å². The third kappa shape index (κ3) is 3.38. The summed E-state index contributed by atoms with van der Waals surface area (Å²) in [5.41, 5.74) is 2.17. The van der Waals surface area contributed by atoms with Gasteiger partial charge >= 0.3 is 0 Å². The number of nitrogens with one attached hydrogen (secondary N) is 2. The van der Waals surface area contributed by atoms with Crippen molar-refractivity contribution in [2.24, 2.45) is 0 Å². The Morgan fingerprint density at radius 1 is 1.13 bits per heavy atom. The minimum Gasteiger partial charge on any atom is -0.494 e. The molecule has 3 rings (SSSR count). The molecular weight excluding hydrogens is 310 g/mol. The molecule has 1 aromatic heterocycles. The van der Waals surface area contributed by atoms with Crippen LogP contribution in [0.1, 0.15) is 42.0 Å². The fourth-order valence-corrected chi connectivity index (χ4v) is 3.41. The van der Waals surface area contributed by atoms with Crippen molar-refractivity contribution in [2.75, 3.05) is 13.1 Å². The second kappa shape index (κ2) is 6.68. The van der Waals surface area contributed by atoms with Crippen LogP contribution in [0.4, 0.5) is 0 Å². The molecule has 1 saturated heterocycles. The standard InChI is InChI=1S/C17H21N3O2S/c1-11-5-7-12(8-6-11)14(20-9-3-2-4-10-20)13-15(21)18-17(23)19-16(13)22/h5-8,14H,2-4,9-10H2,1H3,(H3,18,19,21,22,23)/t14-/m0/s1. The minimum absolute atomic E-state index is 0.137. The van der Waals surface area contributed by atoms with E-state index in [1.54, 1.807) is 0 Å². The zero-order valence-corrected chi connectivity index (χ0v) is 13.9. The highest BCUT2D eigenvalue weighted by molar-refractivity contribution is 7.71. The molecule has 0 unspecified atom stereocenters. The fraction of sp³-hybridized carbons (Fsp3) is 0.412. The van der Waals surface area contributed by atoms with Gasteiger partial charge in [0.05, 0.1) is 11.6 Å². The zero-order valence-electron chi connectivity index (χ0n) is 13.1. The van der Waals surface area contributed by atoms with Gasteiger partial charge in [-0.25, -0.2) is 0 Å². The summed E-state index contributed by atoms with van der Waals surface area (Å²) in [4.78, 5) is 20.0. The number of aromatic nitrogens is 2. The topological polar surface area (TPSA) is 72.1 Å². The van der Waals surface area contributed by atoms with Crippen LogP contribution in [0, 0.1) is 11.7 Å². The van der Waals surface area contributed by atoms with Crippen molar-refractivity contribution in [1.29, 1.82) is 0 Å². The number of H-pyrrole nitrogens is 2. The van der Waals surface area contributed by atoms with E-state index in [0.29, 0.717) is 5.56 Å². The van der Waals surface area contributed by atoms with Crippen LogP contribution in [0.2, 0.25) is 0 Å². The van der Waals surface area contributed by atoms with E-state index in [1.165, 1.54) is 6.42 Å². The van der Waals surface area contributed by atoms with Gasteiger partial charge in [-0.1, -0.05) is 36.2 Å². The Bertz CT molecular complexity index is 789. The number of hydrogen-bond donors (Lipinski definition) is 3. The van der Waals surface area contributed by atoms with E-state index in [-0.39, 0.29) is 22.3 Å². The first-order valence-corrected chi connectivity index (χ1v) is 8.33. The number of hydrogen-bond acceptors (Lipinski definition) is 4. The molecule has 0 bridgehead atoms. The second-order valence-corrected chi connectivity index (χ2v) is 6.49. The average molecular weight is 331 g/mol. The van der Waals surface area contributed by atoms with E-state index in [1.807, 2.05) is 31.2 Å². The summed E-state index contributed by atoms with van der Waals surface area (Å²) < 4.78 is 0.137. The summed E-state index contributed by atoms with van der Waals surface area (Å²) in [5.74, 6) is -0.144. The highest BCUT2D eigenvalue weighted by Gasteiger charge is 2.29. The van der Waals surface area contributed by atoms with Gasteiger partial charge in [-0.3, -0.25) is 14.7 Å². The lowest BCUT2D eigenvalue weighted by atomic mass is 9.95. The summed E-state index contributed by atoms with van der Waals surface area (Å²) >= 11 is 4.94. The van der Waals surface area contributed by atoms with Crippen LogP contribution in [0.3, 0.4) is 0 Å². The van der Waals surface area contributed by atoms with Crippen LogP contribution in [-0.4, -0.2) is 33.1 Å². The van der Waals surface area contributed by atoms with Crippen LogP contribution in [-0.2, 0) is 0 Å². The molecule has 3 N–H and O–H groups in total. The van der Waals surface area contributed by atoms with E-state index in [4.69, 9.17) is 12.2 Å². The third-order valence-corrected chi connectivity index (χ3v) is 4.59. The first kappa shape index (κ1) is 16.0. The van der Waals surface area contributed by atoms with Crippen LogP contribution >= 0.6 is 12.2 Å². The maximum atomic E-state index is 12.5. The molecule has 2 aromatic rings. The number of aryl methyl sites for hydroxylation is 1. The molecule has 0 amide bonds. The van der Waals surface area contributed by atoms with Gasteiger partial charge in [0.25, 0.3) is 5.56 Å². The molecule has 23 heavy (non-hydrogen) atoms. The lowest BCUT2D eigenvalue weighted by molar-refractivity contribution is 0.183. The van der Waals surface area contributed by atoms with Gasteiger partial charge in [0.1, 0.15) is 0 Å². The largest absolute Gasteiger partial charge is 0.494 e. The fourth-order valence-electron chi connectivity index (χ4n) is 3.22. The lowest BCUT2D eigenvalue weighted by Gasteiger charge is -2.34. The maximum absolute atomic E-state index is 12.5. The van der Waals surface area contributed by atoms with Crippen LogP contribution < -0.4 is 5.56 Å². The third-order valence-electron chi connectivity index (χ3n) is 4.38. The zero-order chi connectivity index (χ0) is 16.4. The molecule has 1 aliphatic rings. The molecule has 1 aliphatic heterocycles. The van der Waals surface area contributed by atoms with Gasteiger partial charge in [-0.2, -0.15) is 0 Å². The number of aromatic amines is 2. The Hall–Kier alpha value is -1.92. The quantitative estimate of drug-likeness (QED) is 0.756. The minimum atomic E-state index is -0.331. The lowest BCUT2D eigenvalue weighted by Crippen LogP contribution is -2.37. The van der Waals surface area contributed by atoms with E-state index < -0.39 is 0 Å². The molecule has 0 radical (unpaired) electrons. The van der Waals surface area contributed by atoms with E-state index in [2.05, 4.69) is 14.9 Å². The van der Waals surface area contributed by atoms with Gasteiger partial charge in [0.2, 0.25) is 5.88 Å². The SMILES string of the molecule is Cc1ccc([C@@H](c2c(O)[nH]c(=S)[nH]c2=O)N2CCCCC2)cc1.